The van der Waals surface area contributed by atoms with Gasteiger partial charge in [0.15, 0.2) is 0 Å². The Kier molecular flexibility index (Phi) is 39.5. The maximum Gasteiger partial charge on any atom is 0.246 e. The van der Waals surface area contributed by atoms with Crippen molar-refractivity contribution in [2.75, 3.05) is 65.4 Å². The van der Waals surface area contributed by atoms with Gasteiger partial charge < -0.3 is 120 Å². The highest BCUT2D eigenvalue weighted by Crippen LogP contribution is 2.29. The van der Waals surface area contributed by atoms with Gasteiger partial charge in [-0.2, -0.15) is 0 Å². The van der Waals surface area contributed by atoms with E-state index in [2.05, 4.69) is 68.5 Å². The molecule has 0 bridgehead atoms. The Morgan fingerprint density at radius 2 is 1.06 bits per heavy atom. The average Bonchev–Trinajstić information content (AvgIpc) is 1.02. The Morgan fingerprint density at radius 3 is 1.67 bits per heavy atom. The third-order valence-corrected chi connectivity index (χ3v) is 26.0. The molecule has 134 heavy (non-hydrogen) atoms. The van der Waals surface area contributed by atoms with Gasteiger partial charge in [-0.1, -0.05) is 116 Å². The number of aromatic nitrogens is 2. The van der Waals surface area contributed by atoms with E-state index in [4.69, 9.17) is 11.5 Å². The second kappa shape index (κ2) is 50.2. The third kappa shape index (κ3) is 29.4. The number of fused-ring (bicyclic) bond motifs is 4. The summed E-state index contributed by atoms with van der Waals surface area (Å²) in [5.74, 6) is -16.3. The number of nitrogens with zero attached hydrogens (tertiary/aromatic N) is 5. The Morgan fingerprint density at radius 1 is 0.530 bits per heavy atom. The number of unbranched alkanes of at least 4 members (excludes halogenated alkanes) is 2. The van der Waals surface area contributed by atoms with Crippen molar-refractivity contribution in [3.63, 3.8) is 0 Å². The van der Waals surface area contributed by atoms with E-state index in [1.807, 2.05) is 26.0 Å². The number of carbonyl (C=O) groups excluding carboxylic acids is 17. The Hall–Kier alpha value is -12.2. The van der Waals surface area contributed by atoms with Gasteiger partial charge in [0.1, 0.15) is 84.3 Å². The molecule has 5 aromatic rings. The highest BCUT2D eigenvalue weighted by molar-refractivity contribution is 8.00. The molecule has 0 spiro atoms. The normalized spacial score (nSPS) is 26.2. The molecule has 4 aliphatic rings. The molecule has 3 aliphatic heterocycles. The zero-order valence-corrected chi connectivity index (χ0v) is 78.8. The van der Waals surface area contributed by atoms with Crippen LogP contribution in [0.2, 0.25) is 0 Å². The minimum atomic E-state index is -1.76. The van der Waals surface area contributed by atoms with Crippen molar-refractivity contribution in [3.05, 3.63) is 102 Å². The van der Waals surface area contributed by atoms with Crippen molar-refractivity contribution >= 4 is 134 Å². The summed E-state index contributed by atoms with van der Waals surface area (Å²) < 4.78 is 0. The zero-order valence-electron chi connectivity index (χ0n) is 77.9. The van der Waals surface area contributed by atoms with Gasteiger partial charge in [-0.25, -0.2) is 0 Å². The van der Waals surface area contributed by atoms with Crippen LogP contribution < -0.4 is 70.0 Å². The lowest BCUT2D eigenvalue weighted by Gasteiger charge is -2.36. The van der Waals surface area contributed by atoms with Crippen molar-refractivity contribution in [2.24, 2.45) is 23.3 Å². The minimum Gasteiger partial charge on any atom is -0.508 e. The van der Waals surface area contributed by atoms with Crippen LogP contribution >= 0.6 is 11.8 Å². The summed E-state index contributed by atoms with van der Waals surface area (Å²) in [5, 5.41) is 62.8. The number of para-hydroxylation sites is 2. The number of carbonyl (C=O) groups is 17. The van der Waals surface area contributed by atoms with Gasteiger partial charge >= 0.3 is 0 Å². The molecule has 3 saturated heterocycles. The summed E-state index contributed by atoms with van der Waals surface area (Å²) >= 11 is 0.825. The summed E-state index contributed by atoms with van der Waals surface area (Å²) in [6.45, 7) is 9.66. The number of likely N-dealkylation sites (N-methyl/N-ethyl adjacent to an activating group) is 3. The van der Waals surface area contributed by atoms with E-state index in [0.717, 1.165) is 26.5 Å². The number of phenolic OH excluding ortho intramolecular Hbond substituents is 1. The predicted octanol–water partition coefficient (Wildman–Crippen LogP) is -0.580. The number of amides is 17. The largest absolute Gasteiger partial charge is 0.508 e. The van der Waals surface area contributed by atoms with Crippen LogP contribution in [0.1, 0.15) is 168 Å². The summed E-state index contributed by atoms with van der Waals surface area (Å²) in [6, 6.07) is 0.568. The summed E-state index contributed by atoms with van der Waals surface area (Å²) in [4.78, 5) is 262. The number of aromatic amines is 2. The molecule has 41 heteroatoms. The summed E-state index contributed by atoms with van der Waals surface area (Å²) in [7, 11) is 4.05. The first-order valence-corrected chi connectivity index (χ1v) is 47.4. The lowest BCUT2D eigenvalue weighted by molar-refractivity contribution is -0.149. The summed E-state index contributed by atoms with van der Waals surface area (Å²) in [5.41, 5.74) is 14.8. The molecule has 732 valence electrons. The van der Waals surface area contributed by atoms with Crippen LogP contribution in [0.3, 0.4) is 0 Å². The minimum absolute atomic E-state index is 0.000399. The molecule has 0 radical (unpaired) electrons. The van der Waals surface area contributed by atoms with Crippen LogP contribution in [0.25, 0.3) is 21.8 Å². The number of H-pyrrole nitrogens is 2. The van der Waals surface area contributed by atoms with Gasteiger partial charge in [0.25, 0.3) is 0 Å². The van der Waals surface area contributed by atoms with Crippen LogP contribution in [0.15, 0.2) is 85.2 Å². The highest BCUT2D eigenvalue weighted by atomic mass is 32.2. The summed E-state index contributed by atoms with van der Waals surface area (Å²) in [6.07, 6.45) is 3.58. The third-order valence-electron chi connectivity index (χ3n) is 25.0. The number of nitrogens with one attached hydrogen (secondary N) is 13. The SMILES string of the molecule is CCCC[C@H]1C(=O)N(C)[C@@H](CCCC)C(=O)N[C@@H](CC(C)C)C(=O)N[C@H](C(=O)NCC(=O)NC2CCC(O)CC2)CSCC(=O)N[C@@H](Cc2ccc(O)cc2)C(=O)N(C)[C@@H](C)C(=O)N[C@@H](CC(N)=O)C(=O)N2CCC[C@H]2C(=O)N[C@@H](CN)C(=O)N[C@@H](CC(C)C)C(=O)N2C[C@H](O)C[C@H]2C(=O)N[C@@H](Cc2c[nH]c3ccccc23)C(=O)NCC(=O)NC(Cc2c[nH]c3ccccc23)C(=O)N1C. The fourth-order valence-corrected chi connectivity index (χ4v) is 18.2. The Bertz CT molecular complexity index is 4980. The van der Waals surface area contributed by atoms with Crippen molar-refractivity contribution < 1.29 is 96.8 Å². The highest BCUT2D eigenvalue weighted by Gasteiger charge is 2.47. The van der Waals surface area contributed by atoms with Crippen molar-refractivity contribution in [3.8, 4) is 5.75 Å². The Labute approximate surface area is 783 Å². The maximum atomic E-state index is 15.6. The fourth-order valence-electron chi connectivity index (χ4n) is 17.4. The smallest absolute Gasteiger partial charge is 0.246 e. The Balaban J connectivity index is 1.07. The second-order valence-corrected chi connectivity index (χ2v) is 37.2. The molecule has 2 aromatic heterocycles. The molecule has 9 rings (SSSR count). The number of hydrogen-bond donors (Lipinski definition) is 18. The zero-order chi connectivity index (χ0) is 97.9. The molecule has 1 saturated carbocycles. The first-order valence-electron chi connectivity index (χ1n) is 46.2. The topological polar surface area (TPSA) is 583 Å². The maximum absolute atomic E-state index is 15.6. The number of aromatic hydroxyl groups is 1. The number of aliphatic hydroxyl groups is 2. The molecule has 14 atom stereocenters. The first kappa shape index (κ1) is 105. The van der Waals surface area contributed by atoms with Gasteiger partial charge in [0.2, 0.25) is 100 Å². The van der Waals surface area contributed by atoms with Gasteiger partial charge in [0.05, 0.1) is 37.5 Å². The number of hydrogen-bond acceptors (Lipinski definition) is 22. The van der Waals surface area contributed by atoms with E-state index < -0.39 is 230 Å². The molecule has 5 heterocycles. The van der Waals surface area contributed by atoms with E-state index >= 15 is 28.8 Å². The van der Waals surface area contributed by atoms with Gasteiger partial charge in [0, 0.05) is 112 Å². The van der Waals surface area contributed by atoms with Crippen molar-refractivity contribution in [1.82, 2.24) is 93.0 Å². The number of benzene rings is 3. The van der Waals surface area contributed by atoms with Crippen molar-refractivity contribution in [1.29, 1.82) is 0 Å². The molecule has 4 fully saturated rings. The lowest BCUT2D eigenvalue weighted by atomic mass is 9.93. The number of aliphatic hydroxyl groups excluding tert-OH is 2. The van der Waals surface area contributed by atoms with E-state index in [1.165, 1.54) is 62.1 Å². The van der Waals surface area contributed by atoms with Gasteiger partial charge in [-0.05, 0) is 124 Å². The first-order chi connectivity index (χ1) is 63.8. The average molecular weight is 1880 g/mol. The van der Waals surface area contributed by atoms with E-state index in [-0.39, 0.29) is 100 Å². The number of nitrogens with two attached hydrogens (primary N) is 2. The number of rotatable bonds is 23. The molecular weight excluding hydrogens is 1750 g/mol. The lowest BCUT2D eigenvalue weighted by Crippen LogP contribution is -2.61. The fraction of sp³-hybridized carbons (Fsp3) is 0.581. The van der Waals surface area contributed by atoms with Crippen LogP contribution in [0, 0.1) is 11.8 Å². The molecule has 3 aromatic carbocycles. The second-order valence-electron chi connectivity index (χ2n) is 36.2. The van der Waals surface area contributed by atoms with Crippen LogP contribution in [-0.2, 0) is 101 Å². The molecule has 1 aliphatic carbocycles. The monoisotopic (exact) mass is 1880 g/mol. The van der Waals surface area contributed by atoms with E-state index in [0.29, 0.717) is 89.9 Å². The van der Waals surface area contributed by atoms with Gasteiger partial charge in [-0.15, -0.1) is 11.8 Å². The molecule has 17 amide bonds. The standard InChI is InChI=1S/C93H134N20O20S/c1-11-13-24-73-86(126)103-65(36-51(3)4)84(124)108-72(83(123)99-46-78(118)100-57-29-33-59(115)34-30-57)49-134-50-80(120)102-68(38-54-27-31-58(114)32-28-54)89(129)109(8)53(7)81(121)105-70(42-77(95)117)91(131)112-35-19-26-74(112)87(127)107-71(43-94)85(125)106-67(37-52(5)6)92(132)113-48-60(116)41-76(113)88(128)104-66(39-55-44-96-63-22-17-15-20-61(55)63)82(122)98-47-79(119)101-69(40-56-45-97-64-23-18-16-21-62(56)64)90(130)111(10)75(25-14-12-2)93(133)110(73)9/h15-18,20-23,27-28,31-32,44-45,51-53,57,59-60,65-76,96-97,114-116H,11-14,19,24-26,29-30,33-43,46-50,94H2,1-10H3,(H2,95,117)(H,98,122)(H,99,123)(H,100,118)(H,101,119)(H,102,120)(H,103,126)(H,104,128)(H,105,121)(H,106,125)(H,107,127)(H,108,124)/t53-,57?,59?,60+,65-,66-,67-,68-,69?,70-,71-,72-,73-,74-,75-,76-/m0/s1. The molecule has 20 N–H and O–H groups in total. The van der Waals surface area contributed by atoms with Crippen LogP contribution in [0.4, 0.5) is 0 Å². The van der Waals surface area contributed by atoms with Gasteiger partial charge in [-0.3, -0.25) is 81.5 Å². The number of phenols is 1. The van der Waals surface area contributed by atoms with E-state index in [9.17, 15) is 68.1 Å². The van der Waals surface area contributed by atoms with Crippen LogP contribution in [-0.4, -0.2) is 312 Å². The molecule has 1 unspecified atom stereocenters. The van der Waals surface area contributed by atoms with Crippen molar-refractivity contribution in [2.45, 2.75) is 267 Å². The van der Waals surface area contributed by atoms with E-state index in [1.54, 1.807) is 76.5 Å². The predicted molar refractivity (Wildman–Crippen MR) is 498 cm³/mol. The number of primary amides is 1. The molecule has 40 nitrogen and oxygen atoms in total. The number of thioether (sulfide) groups is 1. The van der Waals surface area contributed by atoms with Crippen LogP contribution in [0.5, 0.6) is 5.75 Å². The molecular formula is C93H134N20O20S. The quantitative estimate of drug-likeness (QED) is 0.0389.